The fourth-order valence-corrected chi connectivity index (χ4v) is 6.57. The first-order valence-corrected chi connectivity index (χ1v) is 20.8. The highest BCUT2D eigenvalue weighted by Crippen LogP contribution is 2.18. The van der Waals surface area contributed by atoms with Crippen LogP contribution >= 0.6 is 0 Å². The van der Waals surface area contributed by atoms with Crippen LogP contribution in [-0.2, 0) is 6.42 Å². The molecule has 0 heterocycles. The molecule has 0 aliphatic rings. The largest absolute Gasteiger partial charge is 0.893 e. The van der Waals surface area contributed by atoms with E-state index < -0.39 is 7.12 Å². The van der Waals surface area contributed by atoms with Crippen molar-refractivity contribution in [2.45, 2.75) is 184 Å². The van der Waals surface area contributed by atoms with Gasteiger partial charge in [-0.3, -0.25) is 0 Å². The molecule has 47 heavy (non-hydrogen) atoms. The zero-order chi connectivity index (χ0) is 35.5. The van der Waals surface area contributed by atoms with Gasteiger partial charge in [-0.2, -0.15) is 0 Å². The van der Waals surface area contributed by atoms with Gasteiger partial charge in [0, 0.05) is 0 Å². The Morgan fingerprint density at radius 2 is 0.681 bits per heavy atom. The lowest BCUT2D eigenvalue weighted by molar-refractivity contribution is -0.929. The molecule has 0 bridgehead atoms. The summed E-state index contributed by atoms with van der Waals surface area (Å²) in [5.41, 5.74) is 1.27. The van der Waals surface area contributed by atoms with E-state index in [0.717, 1.165) is 19.3 Å². The molecule has 5 heteroatoms. The third-order valence-electron chi connectivity index (χ3n) is 9.89. The van der Waals surface area contributed by atoms with E-state index in [1.807, 2.05) is 18.2 Å². The van der Waals surface area contributed by atoms with Crippen molar-refractivity contribution >= 4 is 7.12 Å². The maximum Gasteiger partial charge on any atom is 0.0786 e. The van der Waals surface area contributed by atoms with Gasteiger partial charge < -0.3 is 19.0 Å². The van der Waals surface area contributed by atoms with Crippen molar-refractivity contribution in [3.8, 4) is 0 Å². The lowest BCUT2D eigenvalue weighted by Gasteiger charge is -2.39. The van der Waals surface area contributed by atoms with Crippen molar-refractivity contribution in [3.05, 3.63) is 35.9 Å². The van der Waals surface area contributed by atoms with Crippen LogP contribution in [0.15, 0.2) is 30.3 Å². The van der Waals surface area contributed by atoms with Crippen molar-refractivity contribution in [2.75, 3.05) is 52.4 Å². The Kier molecular flexibility index (Phi) is 35.9. The summed E-state index contributed by atoms with van der Waals surface area (Å²) >= 11 is 0. The third-order valence-corrected chi connectivity index (χ3v) is 9.89. The molecule has 0 saturated carbocycles. The van der Waals surface area contributed by atoms with Gasteiger partial charge in [0.2, 0.25) is 0 Å². The Hall–Kier alpha value is -0.875. The van der Waals surface area contributed by atoms with E-state index >= 15 is 0 Å². The minimum Gasteiger partial charge on any atom is -0.893 e. The first-order valence-electron chi connectivity index (χ1n) is 20.8. The van der Waals surface area contributed by atoms with E-state index in [9.17, 15) is 10.0 Å². The van der Waals surface area contributed by atoms with Crippen LogP contribution in [0.3, 0.4) is 0 Å². The second-order valence-corrected chi connectivity index (χ2v) is 14.5. The number of hydrogen-bond acceptors (Lipinski definition) is 2. The fraction of sp³-hybridized carbons (Fsp3) is 0.857. The molecule has 0 aromatic heterocycles. The van der Waals surface area contributed by atoms with Gasteiger partial charge in [0.1, 0.15) is 0 Å². The second kappa shape index (κ2) is 35.0. The van der Waals surface area contributed by atoms with Crippen LogP contribution in [0.4, 0.5) is 0 Å². The second-order valence-electron chi connectivity index (χ2n) is 14.5. The topological polar surface area (TPSA) is 46.1 Å². The molecule has 0 fully saturated rings. The molecule has 0 spiro atoms. The predicted molar refractivity (Wildman–Crippen MR) is 209 cm³/mol. The number of hydrogen-bond donors (Lipinski definition) is 0. The van der Waals surface area contributed by atoms with Crippen molar-refractivity contribution in [2.24, 2.45) is 0 Å². The standard InChI is InChI=1S/2C16H36N.C10H13BO2/c2*1-5-9-13-17(14-10-6-2,15-11-7-3)16-12-8-4;12-11(13)9-5-4-8-10-6-2-1-3-7-10/h2*5-16H2,1-4H3;1-3,6-7H,4-5,8-9H2/q2*+1;-2. The minimum atomic E-state index is -1.64. The number of quaternary nitrogens is 2. The summed E-state index contributed by atoms with van der Waals surface area (Å²) in [6, 6.07) is 10.1. The lowest BCUT2D eigenvalue weighted by atomic mass is 9.83. The molecule has 1 rings (SSSR count). The summed E-state index contributed by atoms with van der Waals surface area (Å²) in [5, 5.41) is 20.4. The molecule has 0 radical (unpaired) electrons. The molecule has 0 aliphatic carbocycles. The van der Waals surface area contributed by atoms with Crippen LogP contribution in [0, 0.1) is 0 Å². The zero-order valence-electron chi connectivity index (χ0n) is 33.5. The molecule has 0 amide bonds. The SMILES string of the molecule is CCCC[N+](CCCC)(CCCC)CCCC.CCCC[N+](CCCC)(CCCC)CCCC.[O-]B([O-])CCCCc1ccccc1. The van der Waals surface area contributed by atoms with E-state index in [1.165, 1.54) is 170 Å². The van der Waals surface area contributed by atoms with E-state index in [0.29, 0.717) is 0 Å². The Bertz CT molecular complexity index is 620. The minimum absolute atomic E-state index is 0.257. The maximum absolute atomic E-state index is 10.2. The van der Waals surface area contributed by atoms with E-state index in [4.69, 9.17) is 0 Å². The molecule has 0 atom stereocenters. The monoisotopic (exact) mass is 661 g/mol. The summed E-state index contributed by atoms with van der Waals surface area (Å²) in [5.74, 6) is 0. The van der Waals surface area contributed by atoms with E-state index in [2.05, 4.69) is 67.5 Å². The quantitative estimate of drug-likeness (QED) is 0.0488. The molecule has 4 nitrogen and oxygen atoms in total. The Morgan fingerprint density at radius 1 is 0.404 bits per heavy atom. The number of rotatable bonds is 29. The number of aryl methyl sites for hydroxylation is 1. The average Bonchev–Trinajstić information content (AvgIpc) is 3.10. The fourth-order valence-electron chi connectivity index (χ4n) is 6.57. The van der Waals surface area contributed by atoms with Crippen LogP contribution in [0.25, 0.3) is 0 Å². The lowest BCUT2D eigenvalue weighted by Crippen LogP contribution is -2.50. The van der Waals surface area contributed by atoms with Gasteiger partial charge in [0.15, 0.2) is 0 Å². The molecule has 1 aromatic rings. The number of benzene rings is 1. The van der Waals surface area contributed by atoms with Gasteiger partial charge in [-0.1, -0.05) is 144 Å². The molecular formula is C42H85BN2O2. The highest BCUT2D eigenvalue weighted by atomic mass is 16.4. The third kappa shape index (κ3) is 28.6. The summed E-state index contributed by atoms with van der Waals surface area (Å²) in [6.07, 6.45) is 25.0. The van der Waals surface area contributed by atoms with E-state index in [1.54, 1.807) is 0 Å². The predicted octanol–water partition coefficient (Wildman–Crippen LogP) is 10.2. The summed E-state index contributed by atoms with van der Waals surface area (Å²) in [7, 11) is -1.64. The van der Waals surface area contributed by atoms with Gasteiger partial charge in [-0.15, -0.1) is 13.4 Å². The molecular weight excluding hydrogens is 575 g/mol. The van der Waals surface area contributed by atoms with Gasteiger partial charge in [0.25, 0.3) is 0 Å². The maximum atomic E-state index is 10.2. The zero-order valence-corrected chi connectivity index (χ0v) is 33.5. The van der Waals surface area contributed by atoms with Crippen LogP contribution in [-0.4, -0.2) is 68.4 Å². The van der Waals surface area contributed by atoms with Gasteiger partial charge >= 0.3 is 0 Å². The highest BCUT2D eigenvalue weighted by Gasteiger charge is 2.25. The molecule has 278 valence electrons. The molecule has 0 N–H and O–H groups in total. The highest BCUT2D eigenvalue weighted by molar-refractivity contribution is 6.36. The molecule has 0 aliphatic heterocycles. The smallest absolute Gasteiger partial charge is 0.0786 e. The number of unbranched alkanes of at least 4 members (excludes halogenated alkanes) is 9. The van der Waals surface area contributed by atoms with Crippen molar-refractivity contribution in [1.82, 2.24) is 0 Å². The average molecular weight is 661 g/mol. The summed E-state index contributed by atoms with van der Waals surface area (Å²) < 4.78 is 2.84. The van der Waals surface area contributed by atoms with Gasteiger partial charge in [-0.25, -0.2) is 0 Å². The van der Waals surface area contributed by atoms with Crippen molar-refractivity contribution in [1.29, 1.82) is 0 Å². The molecule has 0 saturated heterocycles. The summed E-state index contributed by atoms with van der Waals surface area (Å²) in [6.45, 7) is 30.0. The van der Waals surface area contributed by atoms with E-state index in [-0.39, 0.29) is 6.32 Å². The van der Waals surface area contributed by atoms with Gasteiger partial charge in [0.05, 0.1) is 52.4 Å². The van der Waals surface area contributed by atoms with Crippen LogP contribution < -0.4 is 10.0 Å². The van der Waals surface area contributed by atoms with Crippen LogP contribution in [0.1, 0.15) is 177 Å². The summed E-state index contributed by atoms with van der Waals surface area (Å²) in [4.78, 5) is 0. The first-order chi connectivity index (χ1) is 22.8. The number of nitrogens with zero attached hydrogens (tertiary/aromatic N) is 2. The van der Waals surface area contributed by atoms with Crippen LogP contribution in [0.5, 0.6) is 0 Å². The first kappa shape index (κ1) is 48.2. The Balaban J connectivity index is 0. The Morgan fingerprint density at radius 3 is 0.915 bits per heavy atom. The van der Waals surface area contributed by atoms with Gasteiger partial charge in [-0.05, 0) is 69.8 Å². The Labute approximate surface area is 297 Å². The normalized spacial score (nSPS) is 11.4. The van der Waals surface area contributed by atoms with Crippen molar-refractivity contribution in [3.63, 3.8) is 0 Å². The van der Waals surface area contributed by atoms with Crippen molar-refractivity contribution < 1.29 is 19.0 Å². The van der Waals surface area contributed by atoms with Crippen LogP contribution in [0.2, 0.25) is 6.32 Å². The molecule has 0 unspecified atom stereocenters. The molecule has 1 aromatic carbocycles.